The van der Waals surface area contributed by atoms with E-state index >= 15 is 0 Å². The number of carbonyl (C=O) groups excluding carboxylic acids is 1. The van der Waals surface area contributed by atoms with Crippen molar-refractivity contribution in [2.24, 2.45) is 0 Å². The number of aryl methyl sites for hydroxylation is 1. The van der Waals surface area contributed by atoms with Crippen LogP contribution in [0, 0.1) is 6.92 Å². The van der Waals surface area contributed by atoms with Crippen molar-refractivity contribution >= 4 is 11.6 Å². The molecule has 2 aromatic rings. The van der Waals surface area contributed by atoms with Crippen LogP contribution in [0.25, 0.3) is 0 Å². The molecule has 2 rings (SSSR count). The molecule has 0 N–H and O–H groups in total. The lowest BCUT2D eigenvalue weighted by Crippen LogP contribution is -2.30. The standard InChI is InChI=1S/C21H28N2O3/c1-6-23(18-9-7-8-16(2)14-18)20(24)17-10-11-19(22-15-17)25-12-13-26-21(3,4)5/h7-11,14-15H,6,12-13H2,1-5H3. The number of aromatic nitrogens is 1. The van der Waals surface area contributed by atoms with Gasteiger partial charge in [0.05, 0.1) is 17.8 Å². The van der Waals surface area contributed by atoms with Gasteiger partial charge in [0.1, 0.15) is 6.61 Å². The van der Waals surface area contributed by atoms with Crippen molar-refractivity contribution in [2.45, 2.75) is 40.2 Å². The molecule has 1 amide bonds. The fourth-order valence-electron chi connectivity index (χ4n) is 2.48. The molecule has 5 heteroatoms. The molecule has 0 radical (unpaired) electrons. The van der Waals surface area contributed by atoms with Crippen LogP contribution in [0.3, 0.4) is 0 Å². The van der Waals surface area contributed by atoms with Crippen LogP contribution in [0.5, 0.6) is 5.88 Å². The Bertz CT molecular complexity index is 721. The third-order valence-corrected chi connectivity index (χ3v) is 3.73. The minimum absolute atomic E-state index is 0.0757. The van der Waals surface area contributed by atoms with E-state index in [1.165, 1.54) is 0 Å². The predicted octanol–water partition coefficient (Wildman–Crippen LogP) is 4.25. The predicted molar refractivity (Wildman–Crippen MR) is 104 cm³/mol. The molecule has 1 aromatic heterocycles. The fourth-order valence-corrected chi connectivity index (χ4v) is 2.48. The van der Waals surface area contributed by atoms with Crippen molar-refractivity contribution in [1.82, 2.24) is 4.98 Å². The summed E-state index contributed by atoms with van der Waals surface area (Å²) >= 11 is 0. The van der Waals surface area contributed by atoms with Crippen LogP contribution < -0.4 is 9.64 Å². The van der Waals surface area contributed by atoms with Crippen molar-refractivity contribution in [3.63, 3.8) is 0 Å². The first kappa shape index (κ1) is 19.9. The molecule has 0 bridgehead atoms. The van der Waals surface area contributed by atoms with Crippen LogP contribution >= 0.6 is 0 Å². The van der Waals surface area contributed by atoms with Crippen molar-refractivity contribution in [3.8, 4) is 5.88 Å². The van der Waals surface area contributed by atoms with Gasteiger partial charge in [-0.1, -0.05) is 12.1 Å². The first-order valence-electron chi connectivity index (χ1n) is 8.91. The second-order valence-corrected chi connectivity index (χ2v) is 7.08. The molecule has 0 aliphatic rings. The largest absolute Gasteiger partial charge is 0.475 e. The highest BCUT2D eigenvalue weighted by molar-refractivity contribution is 6.05. The number of carbonyl (C=O) groups is 1. The molecule has 0 aliphatic heterocycles. The first-order valence-corrected chi connectivity index (χ1v) is 8.91. The summed E-state index contributed by atoms with van der Waals surface area (Å²) in [4.78, 5) is 18.8. The Balaban J connectivity index is 1.99. The van der Waals surface area contributed by atoms with Crippen molar-refractivity contribution in [2.75, 3.05) is 24.7 Å². The van der Waals surface area contributed by atoms with E-state index in [0.717, 1.165) is 11.3 Å². The number of benzene rings is 1. The molecule has 0 spiro atoms. The molecule has 1 heterocycles. The maximum atomic E-state index is 12.8. The second-order valence-electron chi connectivity index (χ2n) is 7.08. The number of amides is 1. The molecule has 1 aromatic carbocycles. The van der Waals surface area contributed by atoms with Crippen molar-refractivity contribution < 1.29 is 14.3 Å². The number of rotatable bonds is 7. The second kappa shape index (κ2) is 8.81. The van der Waals surface area contributed by atoms with Crippen LogP contribution in [0.4, 0.5) is 5.69 Å². The van der Waals surface area contributed by atoms with Gasteiger partial charge >= 0.3 is 0 Å². The highest BCUT2D eigenvalue weighted by Gasteiger charge is 2.17. The summed E-state index contributed by atoms with van der Waals surface area (Å²) in [6, 6.07) is 11.4. The van der Waals surface area contributed by atoms with Crippen molar-refractivity contribution in [1.29, 1.82) is 0 Å². The third-order valence-electron chi connectivity index (χ3n) is 3.73. The Morgan fingerprint density at radius 3 is 2.50 bits per heavy atom. The lowest BCUT2D eigenvalue weighted by molar-refractivity contribution is -0.0168. The SMILES string of the molecule is CCN(C(=O)c1ccc(OCCOC(C)(C)C)nc1)c1cccc(C)c1. The molecule has 0 saturated heterocycles. The Labute approximate surface area is 156 Å². The normalized spacial score (nSPS) is 11.3. The lowest BCUT2D eigenvalue weighted by Gasteiger charge is -2.21. The van der Waals surface area contributed by atoms with Gasteiger partial charge in [0, 0.05) is 24.5 Å². The highest BCUT2D eigenvalue weighted by atomic mass is 16.5. The van der Waals surface area contributed by atoms with Gasteiger partial charge in [-0.25, -0.2) is 4.98 Å². The van der Waals surface area contributed by atoms with Crippen molar-refractivity contribution in [3.05, 3.63) is 53.7 Å². The molecule has 0 fully saturated rings. The van der Waals surface area contributed by atoms with Gasteiger partial charge in [-0.15, -0.1) is 0 Å². The number of hydrogen-bond donors (Lipinski definition) is 0. The summed E-state index contributed by atoms with van der Waals surface area (Å²) in [6.45, 7) is 11.5. The smallest absolute Gasteiger partial charge is 0.259 e. The summed E-state index contributed by atoms with van der Waals surface area (Å²) in [7, 11) is 0. The molecule has 0 unspecified atom stereocenters. The Hall–Kier alpha value is -2.40. The monoisotopic (exact) mass is 356 g/mol. The third kappa shape index (κ3) is 5.85. The van der Waals surface area contributed by atoms with E-state index in [9.17, 15) is 4.79 Å². The topological polar surface area (TPSA) is 51.7 Å². The maximum absolute atomic E-state index is 12.8. The minimum atomic E-state index is -0.188. The Morgan fingerprint density at radius 1 is 1.15 bits per heavy atom. The summed E-state index contributed by atoms with van der Waals surface area (Å²) in [6.07, 6.45) is 1.56. The average molecular weight is 356 g/mol. The van der Waals surface area contributed by atoms with Crippen LogP contribution in [-0.4, -0.2) is 36.3 Å². The molecular weight excluding hydrogens is 328 g/mol. The number of anilines is 1. The molecule has 26 heavy (non-hydrogen) atoms. The maximum Gasteiger partial charge on any atom is 0.259 e. The van der Waals surface area contributed by atoms with Gasteiger partial charge in [0.2, 0.25) is 5.88 Å². The zero-order valence-corrected chi connectivity index (χ0v) is 16.3. The van der Waals surface area contributed by atoms with Gasteiger partial charge in [0.25, 0.3) is 5.91 Å². The fraction of sp³-hybridized carbons (Fsp3) is 0.429. The van der Waals surface area contributed by atoms with E-state index in [2.05, 4.69) is 4.98 Å². The zero-order chi connectivity index (χ0) is 19.2. The Morgan fingerprint density at radius 2 is 1.92 bits per heavy atom. The molecule has 140 valence electrons. The lowest BCUT2D eigenvalue weighted by atomic mass is 10.2. The molecule has 0 aliphatic carbocycles. The number of ether oxygens (including phenoxy) is 2. The van der Waals surface area contributed by atoms with Crippen LogP contribution in [0.2, 0.25) is 0 Å². The van der Waals surface area contributed by atoms with E-state index in [1.54, 1.807) is 23.2 Å². The highest BCUT2D eigenvalue weighted by Crippen LogP contribution is 2.19. The van der Waals surface area contributed by atoms with E-state index in [4.69, 9.17) is 9.47 Å². The minimum Gasteiger partial charge on any atom is -0.475 e. The van der Waals surface area contributed by atoms with E-state index in [0.29, 0.717) is 31.2 Å². The number of pyridine rings is 1. The van der Waals surface area contributed by atoms with Gasteiger partial charge < -0.3 is 14.4 Å². The number of hydrogen-bond acceptors (Lipinski definition) is 4. The van der Waals surface area contributed by atoms with Gasteiger partial charge in [0.15, 0.2) is 0 Å². The molecule has 0 saturated carbocycles. The van der Waals surface area contributed by atoms with E-state index in [1.807, 2.05) is 58.9 Å². The Kier molecular flexibility index (Phi) is 6.75. The number of nitrogens with zero attached hydrogens (tertiary/aromatic N) is 2. The van der Waals surface area contributed by atoms with Crippen LogP contribution in [0.15, 0.2) is 42.6 Å². The summed E-state index contributed by atoms with van der Waals surface area (Å²) in [5, 5.41) is 0. The average Bonchev–Trinajstić information content (AvgIpc) is 2.59. The molecular formula is C21H28N2O3. The van der Waals surface area contributed by atoms with E-state index in [-0.39, 0.29) is 11.5 Å². The van der Waals surface area contributed by atoms with Gasteiger partial charge in [-0.2, -0.15) is 0 Å². The molecule has 5 nitrogen and oxygen atoms in total. The summed E-state index contributed by atoms with van der Waals surface area (Å²) in [5.41, 5.74) is 2.35. The van der Waals surface area contributed by atoms with Crippen LogP contribution in [-0.2, 0) is 4.74 Å². The molecule has 0 atom stereocenters. The first-order chi connectivity index (χ1) is 12.3. The zero-order valence-electron chi connectivity index (χ0n) is 16.3. The summed E-state index contributed by atoms with van der Waals surface area (Å²) in [5.74, 6) is 0.408. The van der Waals surface area contributed by atoms with Gasteiger partial charge in [-0.05, 0) is 58.4 Å². The van der Waals surface area contributed by atoms with Crippen LogP contribution in [0.1, 0.15) is 43.6 Å². The summed E-state index contributed by atoms with van der Waals surface area (Å²) < 4.78 is 11.2. The van der Waals surface area contributed by atoms with E-state index < -0.39 is 0 Å². The quantitative estimate of drug-likeness (QED) is 0.696. The van der Waals surface area contributed by atoms with Gasteiger partial charge in [-0.3, -0.25) is 4.79 Å².